The molecule has 8 heteroatoms. The van der Waals surface area contributed by atoms with Crippen molar-refractivity contribution in [1.82, 2.24) is 19.5 Å². The van der Waals surface area contributed by atoms with Gasteiger partial charge in [-0.1, -0.05) is 29.5 Å². The third kappa shape index (κ3) is 3.21. The molecule has 1 aromatic carbocycles. The summed E-state index contributed by atoms with van der Waals surface area (Å²) in [6, 6.07) is 11.7. The highest BCUT2D eigenvalue weighted by Gasteiger charge is 2.14. The molecule has 3 aromatic heterocycles. The van der Waals surface area contributed by atoms with Gasteiger partial charge in [-0.3, -0.25) is 4.79 Å². The lowest BCUT2D eigenvalue weighted by molar-refractivity contribution is 0.0827. The first-order chi connectivity index (χ1) is 12.6. The monoisotopic (exact) mass is 383 g/mol. The lowest BCUT2D eigenvalue weighted by atomic mass is 10.1. The minimum absolute atomic E-state index is 0.0239. The Morgan fingerprint density at radius 1 is 1.27 bits per heavy atom. The summed E-state index contributed by atoms with van der Waals surface area (Å²) in [5.74, 6) is -0.0239. The number of nitrogens with one attached hydrogen (secondary N) is 1. The van der Waals surface area contributed by atoms with E-state index in [9.17, 15) is 4.79 Å². The lowest BCUT2D eigenvalue weighted by Gasteiger charge is -2.10. The van der Waals surface area contributed by atoms with E-state index < -0.39 is 0 Å². The van der Waals surface area contributed by atoms with Crippen LogP contribution < -0.4 is 5.32 Å². The lowest BCUT2D eigenvalue weighted by Crippen LogP contribution is -2.21. The van der Waals surface area contributed by atoms with Crippen molar-refractivity contribution in [2.45, 2.75) is 6.54 Å². The van der Waals surface area contributed by atoms with E-state index in [0.29, 0.717) is 5.56 Å². The second kappa shape index (κ2) is 6.89. The van der Waals surface area contributed by atoms with E-state index >= 15 is 0 Å². The van der Waals surface area contributed by atoms with Gasteiger partial charge in [-0.05, 0) is 23.6 Å². The van der Waals surface area contributed by atoms with Crippen LogP contribution in [0.1, 0.15) is 15.2 Å². The zero-order valence-electron chi connectivity index (χ0n) is 14.3. The maximum absolute atomic E-state index is 12.2. The number of anilines is 1. The number of benzene rings is 1. The summed E-state index contributed by atoms with van der Waals surface area (Å²) < 4.78 is 1.82. The van der Waals surface area contributed by atoms with Gasteiger partial charge in [0, 0.05) is 30.1 Å². The third-order valence-electron chi connectivity index (χ3n) is 3.89. The summed E-state index contributed by atoms with van der Waals surface area (Å²) in [5, 5.41) is 10.9. The SMILES string of the molecule is CN(C)C(=O)c1cccc(-c2cnc3sc(NCc4cccs4)nn23)c1. The average molecular weight is 384 g/mol. The van der Waals surface area contributed by atoms with Gasteiger partial charge in [-0.15, -0.1) is 16.4 Å². The molecule has 4 rings (SSSR count). The second-order valence-corrected chi connectivity index (χ2v) is 7.95. The highest BCUT2D eigenvalue weighted by Crippen LogP contribution is 2.27. The van der Waals surface area contributed by atoms with E-state index in [1.165, 1.54) is 16.2 Å². The van der Waals surface area contributed by atoms with E-state index in [-0.39, 0.29) is 5.91 Å². The molecule has 0 fully saturated rings. The number of carbonyl (C=O) groups is 1. The molecule has 0 aliphatic rings. The molecule has 1 N–H and O–H groups in total. The zero-order chi connectivity index (χ0) is 18.1. The molecule has 0 saturated carbocycles. The number of carbonyl (C=O) groups excluding carboxylic acids is 1. The Morgan fingerprint density at radius 2 is 2.15 bits per heavy atom. The molecule has 0 spiro atoms. The van der Waals surface area contributed by atoms with Crippen LogP contribution in [0.15, 0.2) is 48.0 Å². The topological polar surface area (TPSA) is 62.5 Å². The van der Waals surface area contributed by atoms with E-state index in [0.717, 1.165) is 27.9 Å². The van der Waals surface area contributed by atoms with Crippen LogP contribution in [0.5, 0.6) is 0 Å². The van der Waals surface area contributed by atoms with Gasteiger partial charge in [0.2, 0.25) is 10.1 Å². The summed E-state index contributed by atoms with van der Waals surface area (Å²) in [6.07, 6.45) is 1.79. The number of imidazole rings is 1. The number of amides is 1. The molecule has 1 amide bonds. The predicted octanol–water partition coefficient (Wildman–Crippen LogP) is 3.83. The Balaban J connectivity index is 1.63. The molecule has 0 aliphatic carbocycles. The van der Waals surface area contributed by atoms with Gasteiger partial charge in [-0.2, -0.15) is 0 Å². The number of thiophene rings is 1. The van der Waals surface area contributed by atoms with Crippen LogP contribution in [0, 0.1) is 0 Å². The Bertz CT molecular complexity index is 1050. The van der Waals surface area contributed by atoms with E-state index in [1.807, 2.05) is 34.8 Å². The molecule has 0 bridgehead atoms. The van der Waals surface area contributed by atoms with Crippen molar-refractivity contribution in [1.29, 1.82) is 0 Å². The molecule has 0 atom stereocenters. The summed E-state index contributed by atoms with van der Waals surface area (Å²) in [7, 11) is 3.50. The first-order valence-electron chi connectivity index (χ1n) is 8.05. The number of rotatable bonds is 5. The van der Waals surface area contributed by atoms with Gasteiger partial charge in [-0.25, -0.2) is 9.50 Å². The summed E-state index contributed by atoms with van der Waals surface area (Å²) in [4.78, 5) is 20.3. The predicted molar refractivity (Wildman–Crippen MR) is 106 cm³/mol. The number of aromatic nitrogens is 3. The van der Waals surface area contributed by atoms with Crippen molar-refractivity contribution < 1.29 is 4.79 Å². The summed E-state index contributed by atoms with van der Waals surface area (Å²) in [6.45, 7) is 0.747. The van der Waals surface area contributed by atoms with Crippen molar-refractivity contribution in [2.24, 2.45) is 0 Å². The Labute approximate surface area is 158 Å². The zero-order valence-corrected chi connectivity index (χ0v) is 16.0. The maximum Gasteiger partial charge on any atom is 0.253 e. The number of hydrogen-bond acceptors (Lipinski definition) is 6. The first-order valence-corrected chi connectivity index (χ1v) is 9.74. The van der Waals surface area contributed by atoms with Crippen LogP contribution in [0.2, 0.25) is 0 Å². The second-order valence-electron chi connectivity index (χ2n) is 5.96. The molecule has 0 aliphatic heterocycles. The number of fused-ring (bicyclic) bond motifs is 1. The molecule has 4 aromatic rings. The van der Waals surface area contributed by atoms with Gasteiger partial charge in [0.1, 0.15) is 0 Å². The Morgan fingerprint density at radius 3 is 2.92 bits per heavy atom. The quantitative estimate of drug-likeness (QED) is 0.569. The van der Waals surface area contributed by atoms with Crippen LogP contribution >= 0.6 is 22.7 Å². The molecule has 3 heterocycles. The van der Waals surface area contributed by atoms with Crippen molar-refractivity contribution >= 4 is 38.7 Å². The molecular formula is C18H17N5OS2. The number of hydrogen-bond donors (Lipinski definition) is 1. The fourth-order valence-corrected chi connectivity index (χ4v) is 4.02. The van der Waals surface area contributed by atoms with Crippen molar-refractivity contribution in [2.75, 3.05) is 19.4 Å². The van der Waals surface area contributed by atoms with Crippen molar-refractivity contribution in [3.8, 4) is 11.3 Å². The molecule has 132 valence electrons. The summed E-state index contributed by atoms with van der Waals surface area (Å²) in [5.41, 5.74) is 2.43. The molecule has 0 unspecified atom stereocenters. The highest BCUT2D eigenvalue weighted by atomic mass is 32.1. The summed E-state index contributed by atoms with van der Waals surface area (Å²) >= 11 is 3.22. The molecule has 0 radical (unpaired) electrons. The Kier molecular flexibility index (Phi) is 4.44. The van der Waals surface area contributed by atoms with E-state index in [2.05, 4.69) is 26.8 Å². The van der Waals surface area contributed by atoms with E-state index in [4.69, 9.17) is 0 Å². The van der Waals surface area contributed by atoms with Crippen molar-refractivity contribution in [3.63, 3.8) is 0 Å². The maximum atomic E-state index is 12.2. The van der Waals surface area contributed by atoms with Gasteiger partial charge in [0.15, 0.2) is 0 Å². The number of nitrogens with zero attached hydrogens (tertiary/aromatic N) is 4. The highest BCUT2D eigenvalue weighted by molar-refractivity contribution is 7.20. The third-order valence-corrected chi connectivity index (χ3v) is 5.65. The van der Waals surface area contributed by atoms with Crippen LogP contribution in [0.25, 0.3) is 16.2 Å². The van der Waals surface area contributed by atoms with Gasteiger partial charge in [0.05, 0.1) is 18.4 Å². The molecule has 0 saturated heterocycles. The average Bonchev–Trinajstić information content (AvgIpc) is 3.36. The van der Waals surface area contributed by atoms with Crippen LogP contribution in [-0.2, 0) is 6.54 Å². The van der Waals surface area contributed by atoms with Crippen LogP contribution in [0.3, 0.4) is 0 Å². The molecule has 26 heavy (non-hydrogen) atoms. The van der Waals surface area contributed by atoms with Crippen molar-refractivity contribution in [3.05, 3.63) is 58.4 Å². The molecule has 6 nitrogen and oxygen atoms in total. The minimum Gasteiger partial charge on any atom is -0.355 e. The minimum atomic E-state index is -0.0239. The fraction of sp³-hybridized carbons (Fsp3) is 0.167. The largest absolute Gasteiger partial charge is 0.355 e. The smallest absolute Gasteiger partial charge is 0.253 e. The normalized spacial score (nSPS) is 11.0. The van der Waals surface area contributed by atoms with Gasteiger partial charge >= 0.3 is 0 Å². The Hall–Kier alpha value is -2.71. The van der Waals surface area contributed by atoms with Gasteiger partial charge in [0.25, 0.3) is 5.91 Å². The van der Waals surface area contributed by atoms with Gasteiger partial charge < -0.3 is 10.2 Å². The van der Waals surface area contributed by atoms with Crippen LogP contribution in [0.4, 0.5) is 5.13 Å². The molecular weight excluding hydrogens is 366 g/mol. The van der Waals surface area contributed by atoms with Crippen LogP contribution in [-0.4, -0.2) is 39.5 Å². The fourth-order valence-electron chi connectivity index (χ4n) is 2.61. The van der Waals surface area contributed by atoms with E-state index in [1.54, 1.807) is 36.5 Å². The first kappa shape index (κ1) is 16.7. The standard InChI is InChI=1S/C18H17N5OS2/c1-22(2)16(24)13-6-3-5-12(9-13)15-11-20-18-23(15)21-17(26-18)19-10-14-7-4-8-25-14/h3-9,11H,10H2,1-2H3,(H,19,21).